The quantitative estimate of drug-likeness (QED) is 0.643. The average Bonchev–Trinajstić information content (AvgIpc) is 2.51. The summed E-state index contributed by atoms with van der Waals surface area (Å²) in [6, 6.07) is 2.23. The molecule has 68 valence electrons. The molecule has 3 nitrogen and oxygen atoms in total. The van der Waals surface area contributed by atoms with Crippen LogP contribution in [-0.4, -0.2) is 19.5 Å². The molecule has 1 saturated heterocycles. The first-order valence-electron chi connectivity index (χ1n) is 4.37. The van der Waals surface area contributed by atoms with Crippen LogP contribution in [0.1, 0.15) is 20.3 Å². The van der Waals surface area contributed by atoms with Crippen molar-refractivity contribution < 1.29 is 9.47 Å². The molecular weight excluding hydrogens is 154 g/mol. The van der Waals surface area contributed by atoms with Gasteiger partial charge in [0.2, 0.25) is 0 Å². The van der Waals surface area contributed by atoms with Gasteiger partial charge in [0.15, 0.2) is 6.29 Å². The van der Waals surface area contributed by atoms with E-state index in [2.05, 4.69) is 19.9 Å². The Morgan fingerprint density at radius 3 is 2.42 bits per heavy atom. The summed E-state index contributed by atoms with van der Waals surface area (Å²) in [5.41, 5.74) is 0. The summed E-state index contributed by atoms with van der Waals surface area (Å²) in [7, 11) is 0. The van der Waals surface area contributed by atoms with Gasteiger partial charge in [0.1, 0.15) is 0 Å². The number of nitrogens with zero attached hydrogens (tertiary/aromatic N) is 1. The zero-order valence-electron chi connectivity index (χ0n) is 7.62. The molecule has 1 atom stereocenters. The third-order valence-corrected chi connectivity index (χ3v) is 1.87. The third kappa shape index (κ3) is 2.47. The molecule has 0 saturated carbocycles. The van der Waals surface area contributed by atoms with Crippen molar-refractivity contribution in [2.45, 2.75) is 26.6 Å². The van der Waals surface area contributed by atoms with Crippen LogP contribution in [-0.2, 0) is 9.47 Å². The van der Waals surface area contributed by atoms with Gasteiger partial charge in [-0.05, 0) is 12.3 Å². The maximum Gasteiger partial charge on any atom is 0.173 e. The highest BCUT2D eigenvalue weighted by Gasteiger charge is 2.27. The van der Waals surface area contributed by atoms with Gasteiger partial charge in [-0.2, -0.15) is 5.26 Å². The molecule has 1 rings (SSSR count). The van der Waals surface area contributed by atoms with E-state index in [1.165, 1.54) is 0 Å². The van der Waals surface area contributed by atoms with Gasteiger partial charge in [-0.3, -0.25) is 0 Å². The zero-order valence-corrected chi connectivity index (χ0v) is 7.62. The molecule has 3 heteroatoms. The first kappa shape index (κ1) is 9.50. The molecule has 0 aromatic heterocycles. The highest BCUT2D eigenvalue weighted by Crippen LogP contribution is 2.20. The molecule has 1 aliphatic heterocycles. The summed E-state index contributed by atoms with van der Waals surface area (Å²) in [5.74, 6) is 0.412. The fourth-order valence-corrected chi connectivity index (χ4v) is 1.34. The summed E-state index contributed by atoms with van der Waals surface area (Å²) in [6.07, 6.45) is 0.568. The number of hydrogen-bond acceptors (Lipinski definition) is 3. The zero-order chi connectivity index (χ0) is 8.97. The summed E-state index contributed by atoms with van der Waals surface area (Å²) in [4.78, 5) is 0. The van der Waals surface area contributed by atoms with Crippen LogP contribution in [0.2, 0.25) is 0 Å². The lowest BCUT2D eigenvalue weighted by molar-refractivity contribution is -0.0723. The topological polar surface area (TPSA) is 42.2 Å². The van der Waals surface area contributed by atoms with E-state index in [9.17, 15) is 0 Å². The van der Waals surface area contributed by atoms with Gasteiger partial charge in [0, 0.05) is 0 Å². The largest absolute Gasteiger partial charge is 0.349 e. The van der Waals surface area contributed by atoms with Crippen LogP contribution in [0.15, 0.2) is 0 Å². The van der Waals surface area contributed by atoms with Crippen molar-refractivity contribution in [3.05, 3.63) is 0 Å². The molecule has 1 fully saturated rings. The smallest absolute Gasteiger partial charge is 0.173 e. The van der Waals surface area contributed by atoms with Crippen LogP contribution in [0.5, 0.6) is 0 Å². The van der Waals surface area contributed by atoms with Crippen molar-refractivity contribution in [3.63, 3.8) is 0 Å². The number of ether oxygens (including phenoxy) is 2. The van der Waals surface area contributed by atoms with Crippen molar-refractivity contribution >= 4 is 0 Å². The first-order chi connectivity index (χ1) is 5.74. The molecule has 0 spiro atoms. The Morgan fingerprint density at radius 2 is 2.00 bits per heavy atom. The lowest BCUT2D eigenvalue weighted by atomic mass is 9.98. The number of rotatable bonds is 3. The minimum Gasteiger partial charge on any atom is -0.349 e. The second-order valence-electron chi connectivity index (χ2n) is 3.48. The van der Waals surface area contributed by atoms with Gasteiger partial charge in [0.05, 0.1) is 25.2 Å². The molecule has 0 amide bonds. The molecule has 0 aliphatic carbocycles. The Morgan fingerprint density at radius 1 is 1.42 bits per heavy atom. The van der Waals surface area contributed by atoms with Crippen LogP contribution in [0.3, 0.4) is 0 Å². The Kier molecular flexibility index (Phi) is 3.51. The predicted molar refractivity (Wildman–Crippen MR) is 44.3 cm³/mol. The molecule has 0 bridgehead atoms. The standard InChI is InChI=1S/C9H15NO2/c1-7(2)5-8(6-10)9-11-3-4-12-9/h7-9H,3-5H2,1-2H3. The Labute approximate surface area is 73.3 Å². The highest BCUT2D eigenvalue weighted by atomic mass is 16.7. The maximum atomic E-state index is 8.83. The highest BCUT2D eigenvalue weighted by molar-refractivity contribution is 4.87. The molecule has 0 radical (unpaired) electrons. The van der Waals surface area contributed by atoms with Gasteiger partial charge in [-0.25, -0.2) is 0 Å². The lowest BCUT2D eigenvalue weighted by Gasteiger charge is -2.16. The summed E-state index contributed by atoms with van der Waals surface area (Å²) in [6.45, 7) is 5.44. The minimum atomic E-state index is -0.280. The van der Waals surface area contributed by atoms with Gasteiger partial charge in [-0.15, -0.1) is 0 Å². The van der Waals surface area contributed by atoms with Crippen molar-refractivity contribution in [1.29, 1.82) is 5.26 Å². The SMILES string of the molecule is CC(C)CC(C#N)C1OCCO1. The molecule has 1 unspecified atom stereocenters. The lowest BCUT2D eigenvalue weighted by Crippen LogP contribution is -2.21. The molecule has 1 aliphatic rings. The van der Waals surface area contributed by atoms with Crippen molar-refractivity contribution in [1.82, 2.24) is 0 Å². The molecule has 0 aromatic carbocycles. The van der Waals surface area contributed by atoms with E-state index >= 15 is 0 Å². The van der Waals surface area contributed by atoms with Crippen molar-refractivity contribution in [2.24, 2.45) is 11.8 Å². The summed E-state index contributed by atoms with van der Waals surface area (Å²) >= 11 is 0. The summed E-state index contributed by atoms with van der Waals surface area (Å²) in [5, 5.41) is 8.83. The second kappa shape index (κ2) is 4.44. The van der Waals surface area contributed by atoms with E-state index in [1.807, 2.05) is 0 Å². The van der Waals surface area contributed by atoms with Gasteiger partial charge >= 0.3 is 0 Å². The van der Waals surface area contributed by atoms with E-state index in [0.29, 0.717) is 19.1 Å². The molecule has 12 heavy (non-hydrogen) atoms. The van der Waals surface area contributed by atoms with Gasteiger partial charge in [0.25, 0.3) is 0 Å². The Balaban J connectivity index is 2.39. The van der Waals surface area contributed by atoms with E-state index in [-0.39, 0.29) is 12.2 Å². The van der Waals surface area contributed by atoms with Crippen molar-refractivity contribution in [3.8, 4) is 6.07 Å². The number of nitriles is 1. The predicted octanol–water partition coefficient (Wildman–Crippen LogP) is 1.55. The fraction of sp³-hybridized carbons (Fsp3) is 0.889. The van der Waals surface area contributed by atoms with Crippen LogP contribution in [0.25, 0.3) is 0 Å². The first-order valence-corrected chi connectivity index (χ1v) is 4.37. The third-order valence-electron chi connectivity index (χ3n) is 1.87. The molecule has 0 N–H and O–H groups in total. The van der Waals surface area contributed by atoms with Crippen LogP contribution >= 0.6 is 0 Å². The monoisotopic (exact) mass is 169 g/mol. The van der Waals surface area contributed by atoms with E-state index < -0.39 is 0 Å². The Hall–Kier alpha value is -0.590. The van der Waals surface area contributed by atoms with Crippen LogP contribution in [0, 0.1) is 23.2 Å². The fourth-order valence-electron chi connectivity index (χ4n) is 1.34. The van der Waals surface area contributed by atoms with Gasteiger partial charge < -0.3 is 9.47 Å². The van der Waals surface area contributed by atoms with Crippen LogP contribution < -0.4 is 0 Å². The van der Waals surface area contributed by atoms with E-state index in [0.717, 1.165) is 6.42 Å². The normalized spacial score (nSPS) is 21.2. The average molecular weight is 169 g/mol. The van der Waals surface area contributed by atoms with Crippen molar-refractivity contribution in [2.75, 3.05) is 13.2 Å². The van der Waals surface area contributed by atoms with E-state index in [1.54, 1.807) is 0 Å². The molecule has 1 heterocycles. The van der Waals surface area contributed by atoms with Gasteiger partial charge in [-0.1, -0.05) is 13.8 Å². The Bertz CT molecular complexity index is 168. The number of hydrogen-bond donors (Lipinski definition) is 0. The van der Waals surface area contributed by atoms with E-state index in [4.69, 9.17) is 14.7 Å². The minimum absolute atomic E-state index is 0.104. The maximum absolute atomic E-state index is 8.83. The molecular formula is C9H15NO2. The van der Waals surface area contributed by atoms with Crippen LogP contribution in [0.4, 0.5) is 0 Å². The molecule has 0 aromatic rings. The second-order valence-corrected chi connectivity index (χ2v) is 3.48. The summed E-state index contributed by atoms with van der Waals surface area (Å²) < 4.78 is 10.5.